The van der Waals surface area contributed by atoms with Crippen LogP contribution in [0.4, 0.5) is 0 Å². The molecule has 0 spiro atoms. The molecule has 0 saturated carbocycles. The van der Waals surface area contributed by atoms with E-state index in [1.165, 1.54) is 18.6 Å². The lowest BCUT2D eigenvalue weighted by Crippen LogP contribution is -2.33. The first-order valence-corrected chi connectivity index (χ1v) is 7.34. The van der Waals surface area contributed by atoms with E-state index in [-0.39, 0.29) is 12.5 Å². The summed E-state index contributed by atoms with van der Waals surface area (Å²) in [5, 5.41) is 12.1. The number of nitrogens with one attached hydrogen (secondary N) is 1. The summed E-state index contributed by atoms with van der Waals surface area (Å²) in [6, 6.07) is 8.76. The number of rotatable bonds is 5. The van der Waals surface area contributed by atoms with Crippen molar-refractivity contribution in [1.82, 2.24) is 5.32 Å². The van der Waals surface area contributed by atoms with Crippen molar-refractivity contribution >= 4 is 17.7 Å². The molecule has 1 amide bonds. The molecule has 1 aliphatic heterocycles. The Morgan fingerprint density at radius 2 is 2.26 bits per heavy atom. The van der Waals surface area contributed by atoms with Gasteiger partial charge in [0.05, 0.1) is 11.6 Å². The predicted molar refractivity (Wildman–Crippen MR) is 75.1 cm³/mol. The van der Waals surface area contributed by atoms with Gasteiger partial charge in [0, 0.05) is 11.8 Å². The number of amides is 1. The SMILES string of the molecule is N#Cc1ccc(OCC(=O)NCC2CCCS2)cc1. The standard InChI is InChI=1S/C14H16N2O2S/c15-8-11-3-5-12(6-4-11)18-10-14(17)16-9-13-2-1-7-19-13/h3-6,13H,1-2,7,9-10H2,(H,16,17). The third-order valence-electron chi connectivity index (χ3n) is 2.90. The van der Waals surface area contributed by atoms with Gasteiger partial charge in [0.15, 0.2) is 6.61 Å². The zero-order valence-electron chi connectivity index (χ0n) is 10.6. The second kappa shape index (κ2) is 7.05. The molecule has 2 rings (SSSR count). The lowest BCUT2D eigenvalue weighted by atomic mass is 10.2. The van der Waals surface area contributed by atoms with Crippen molar-refractivity contribution in [3.05, 3.63) is 29.8 Å². The summed E-state index contributed by atoms with van der Waals surface area (Å²) in [7, 11) is 0. The van der Waals surface area contributed by atoms with Crippen molar-refractivity contribution in [3.63, 3.8) is 0 Å². The topological polar surface area (TPSA) is 62.1 Å². The lowest BCUT2D eigenvalue weighted by Gasteiger charge is -2.10. The first kappa shape index (κ1) is 13.8. The molecule has 1 aliphatic rings. The number of nitrogens with zero attached hydrogens (tertiary/aromatic N) is 1. The maximum Gasteiger partial charge on any atom is 0.257 e. The molecule has 0 bridgehead atoms. The van der Waals surface area contributed by atoms with E-state index in [2.05, 4.69) is 5.32 Å². The highest BCUT2D eigenvalue weighted by Crippen LogP contribution is 2.25. The molecule has 1 aromatic carbocycles. The van der Waals surface area contributed by atoms with Crippen LogP contribution in [0.2, 0.25) is 0 Å². The lowest BCUT2D eigenvalue weighted by molar-refractivity contribution is -0.123. The van der Waals surface area contributed by atoms with Gasteiger partial charge in [-0.1, -0.05) is 0 Å². The van der Waals surface area contributed by atoms with Crippen LogP contribution in [0.3, 0.4) is 0 Å². The van der Waals surface area contributed by atoms with E-state index in [0.717, 1.165) is 6.54 Å². The maximum absolute atomic E-state index is 11.6. The number of ether oxygens (including phenoxy) is 1. The van der Waals surface area contributed by atoms with Gasteiger partial charge in [-0.25, -0.2) is 0 Å². The van der Waals surface area contributed by atoms with Gasteiger partial charge in [0.2, 0.25) is 0 Å². The molecular weight excluding hydrogens is 260 g/mol. The summed E-state index contributed by atoms with van der Waals surface area (Å²) in [5.41, 5.74) is 0.579. The van der Waals surface area contributed by atoms with Gasteiger partial charge in [0.25, 0.3) is 5.91 Å². The molecule has 100 valence electrons. The van der Waals surface area contributed by atoms with E-state index >= 15 is 0 Å². The minimum absolute atomic E-state index is 0.0171. The van der Waals surface area contributed by atoms with Crippen molar-refractivity contribution in [2.45, 2.75) is 18.1 Å². The molecule has 1 N–H and O–H groups in total. The van der Waals surface area contributed by atoms with Crippen LogP contribution in [-0.4, -0.2) is 30.1 Å². The summed E-state index contributed by atoms with van der Waals surface area (Å²) in [5.74, 6) is 1.70. The zero-order valence-corrected chi connectivity index (χ0v) is 11.4. The number of thioether (sulfide) groups is 1. The van der Waals surface area contributed by atoms with E-state index < -0.39 is 0 Å². The highest BCUT2D eigenvalue weighted by Gasteiger charge is 2.16. The van der Waals surface area contributed by atoms with Gasteiger partial charge in [-0.05, 0) is 42.9 Å². The number of carbonyl (C=O) groups excluding carboxylic acids is 1. The van der Waals surface area contributed by atoms with E-state index in [1.54, 1.807) is 24.3 Å². The van der Waals surface area contributed by atoms with Crippen LogP contribution in [0.5, 0.6) is 5.75 Å². The van der Waals surface area contributed by atoms with Gasteiger partial charge < -0.3 is 10.1 Å². The quantitative estimate of drug-likeness (QED) is 0.893. The minimum Gasteiger partial charge on any atom is -0.484 e. The molecule has 1 saturated heterocycles. The average molecular weight is 276 g/mol. The van der Waals surface area contributed by atoms with Crippen molar-refractivity contribution in [1.29, 1.82) is 5.26 Å². The molecule has 5 heteroatoms. The van der Waals surface area contributed by atoms with Crippen molar-refractivity contribution in [2.24, 2.45) is 0 Å². The fourth-order valence-electron chi connectivity index (χ4n) is 1.86. The largest absolute Gasteiger partial charge is 0.484 e. The van der Waals surface area contributed by atoms with Gasteiger partial charge in [-0.2, -0.15) is 17.0 Å². The summed E-state index contributed by atoms with van der Waals surface area (Å²) in [6.07, 6.45) is 2.42. The Bertz CT molecular complexity index is 461. The Morgan fingerprint density at radius 3 is 2.89 bits per heavy atom. The zero-order chi connectivity index (χ0) is 13.5. The van der Waals surface area contributed by atoms with E-state index in [4.69, 9.17) is 10.00 Å². The Labute approximate surface area is 117 Å². The summed E-state index contributed by atoms with van der Waals surface area (Å²) >= 11 is 1.92. The average Bonchev–Trinajstić information content (AvgIpc) is 2.96. The fraction of sp³-hybridized carbons (Fsp3) is 0.429. The Kier molecular flexibility index (Phi) is 5.10. The Morgan fingerprint density at radius 1 is 1.47 bits per heavy atom. The van der Waals surface area contributed by atoms with Crippen LogP contribution in [0, 0.1) is 11.3 Å². The third-order valence-corrected chi connectivity index (χ3v) is 4.30. The highest BCUT2D eigenvalue weighted by atomic mass is 32.2. The molecule has 19 heavy (non-hydrogen) atoms. The maximum atomic E-state index is 11.6. The first-order chi connectivity index (χ1) is 9.28. The Balaban J connectivity index is 1.69. The molecule has 1 atom stereocenters. The van der Waals surface area contributed by atoms with E-state index in [1.807, 2.05) is 17.8 Å². The Hall–Kier alpha value is -1.67. The number of hydrogen-bond donors (Lipinski definition) is 1. The molecule has 1 fully saturated rings. The fourth-order valence-corrected chi connectivity index (χ4v) is 3.06. The summed E-state index contributed by atoms with van der Waals surface area (Å²) in [6.45, 7) is 0.740. The second-order valence-electron chi connectivity index (χ2n) is 4.36. The summed E-state index contributed by atoms with van der Waals surface area (Å²) in [4.78, 5) is 11.6. The minimum atomic E-state index is -0.100. The van der Waals surface area contributed by atoms with Crippen molar-refractivity contribution < 1.29 is 9.53 Å². The number of carbonyl (C=O) groups is 1. The predicted octanol–water partition coefficient (Wildman–Crippen LogP) is 1.95. The highest BCUT2D eigenvalue weighted by molar-refractivity contribution is 8.00. The molecular formula is C14H16N2O2S. The summed E-state index contributed by atoms with van der Waals surface area (Å²) < 4.78 is 5.35. The van der Waals surface area contributed by atoms with E-state index in [0.29, 0.717) is 16.6 Å². The smallest absolute Gasteiger partial charge is 0.257 e. The number of hydrogen-bond acceptors (Lipinski definition) is 4. The van der Waals surface area contributed by atoms with Crippen LogP contribution in [-0.2, 0) is 4.79 Å². The van der Waals surface area contributed by atoms with Crippen LogP contribution in [0.1, 0.15) is 18.4 Å². The number of benzene rings is 1. The van der Waals surface area contributed by atoms with Crippen LogP contribution in [0.25, 0.3) is 0 Å². The number of nitriles is 1. The second-order valence-corrected chi connectivity index (χ2v) is 5.77. The van der Waals surface area contributed by atoms with Gasteiger partial charge in [-0.3, -0.25) is 4.79 Å². The van der Waals surface area contributed by atoms with Gasteiger partial charge in [0.1, 0.15) is 5.75 Å². The molecule has 0 aliphatic carbocycles. The molecule has 1 unspecified atom stereocenters. The molecule has 1 aromatic rings. The van der Waals surface area contributed by atoms with Crippen LogP contribution in [0.15, 0.2) is 24.3 Å². The third kappa shape index (κ3) is 4.49. The van der Waals surface area contributed by atoms with Crippen LogP contribution >= 0.6 is 11.8 Å². The van der Waals surface area contributed by atoms with Gasteiger partial charge >= 0.3 is 0 Å². The molecule has 0 aromatic heterocycles. The molecule has 1 heterocycles. The van der Waals surface area contributed by atoms with Crippen molar-refractivity contribution in [3.8, 4) is 11.8 Å². The van der Waals surface area contributed by atoms with E-state index in [9.17, 15) is 4.79 Å². The van der Waals surface area contributed by atoms with Crippen LogP contribution < -0.4 is 10.1 Å². The normalized spacial score (nSPS) is 17.7. The molecule has 4 nitrogen and oxygen atoms in total. The molecule has 0 radical (unpaired) electrons. The van der Waals surface area contributed by atoms with Crippen molar-refractivity contribution in [2.75, 3.05) is 18.9 Å². The van der Waals surface area contributed by atoms with Gasteiger partial charge in [-0.15, -0.1) is 0 Å². The monoisotopic (exact) mass is 276 g/mol. The first-order valence-electron chi connectivity index (χ1n) is 6.29.